The van der Waals surface area contributed by atoms with Gasteiger partial charge in [0.05, 0.1) is 24.0 Å². The quantitative estimate of drug-likeness (QED) is 0.681. The van der Waals surface area contributed by atoms with Crippen LogP contribution >= 0.6 is 11.6 Å². The average Bonchev–Trinajstić information content (AvgIpc) is 2.94. The first kappa shape index (κ1) is 12.9. The summed E-state index contributed by atoms with van der Waals surface area (Å²) < 4.78 is 7.67. The smallest absolute Gasteiger partial charge is 0.227 e. The maximum absolute atomic E-state index is 5.89. The molecule has 2 aromatic heterocycles. The third-order valence-corrected chi connectivity index (χ3v) is 3.32. The number of hydrogen-bond acceptors (Lipinski definition) is 3. The second-order valence-corrected chi connectivity index (χ2v) is 4.67. The molecule has 0 spiro atoms. The predicted octanol–water partition coefficient (Wildman–Crippen LogP) is 3.98. The van der Waals surface area contributed by atoms with Gasteiger partial charge in [0, 0.05) is 11.9 Å². The third-order valence-electron chi connectivity index (χ3n) is 3.04. The first-order chi connectivity index (χ1) is 9.80. The van der Waals surface area contributed by atoms with Gasteiger partial charge in [-0.2, -0.15) is 5.10 Å². The molecule has 0 fully saturated rings. The number of halogens is 1. The van der Waals surface area contributed by atoms with Crippen molar-refractivity contribution in [2.75, 3.05) is 0 Å². The van der Waals surface area contributed by atoms with E-state index in [0.717, 1.165) is 23.0 Å². The molecule has 4 nitrogen and oxygen atoms in total. The highest BCUT2D eigenvalue weighted by Gasteiger charge is 2.09. The van der Waals surface area contributed by atoms with E-state index in [-0.39, 0.29) is 0 Å². The molecule has 0 bridgehead atoms. The Labute approximate surface area is 122 Å². The van der Waals surface area contributed by atoms with Gasteiger partial charge < -0.3 is 4.74 Å². The van der Waals surface area contributed by atoms with Gasteiger partial charge in [-0.1, -0.05) is 18.2 Å². The second-order valence-electron chi connectivity index (χ2n) is 4.41. The Morgan fingerprint density at radius 2 is 2.15 bits per heavy atom. The van der Waals surface area contributed by atoms with Crippen LogP contribution in [0, 0.1) is 0 Å². The van der Waals surface area contributed by atoms with E-state index in [1.807, 2.05) is 48.1 Å². The van der Waals surface area contributed by atoms with Crippen molar-refractivity contribution < 1.29 is 4.74 Å². The fourth-order valence-corrected chi connectivity index (χ4v) is 2.19. The number of nitrogens with zero attached hydrogens (tertiary/aromatic N) is 3. The highest BCUT2D eigenvalue weighted by molar-refractivity contribution is 6.17. The summed E-state index contributed by atoms with van der Waals surface area (Å²) in [6.45, 7) is 2.83. The van der Waals surface area contributed by atoms with Crippen molar-refractivity contribution in [2.24, 2.45) is 0 Å². The lowest BCUT2D eigenvalue weighted by molar-refractivity contribution is 0.466. The van der Waals surface area contributed by atoms with Gasteiger partial charge >= 0.3 is 0 Å². The van der Waals surface area contributed by atoms with Crippen LogP contribution in [-0.4, -0.2) is 14.8 Å². The summed E-state index contributed by atoms with van der Waals surface area (Å²) in [5, 5.41) is 6.22. The van der Waals surface area contributed by atoms with Crippen molar-refractivity contribution in [3.8, 4) is 11.6 Å². The van der Waals surface area contributed by atoms with Crippen molar-refractivity contribution in [1.82, 2.24) is 14.8 Å². The van der Waals surface area contributed by atoms with Crippen LogP contribution in [0.1, 0.15) is 12.6 Å². The number of ether oxygens (including phenoxy) is 1. The Hall–Kier alpha value is -2.07. The van der Waals surface area contributed by atoms with Crippen molar-refractivity contribution in [2.45, 2.75) is 19.3 Å². The molecular formula is C15H14ClN3O. The summed E-state index contributed by atoms with van der Waals surface area (Å²) >= 11 is 5.89. The van der Waals surface area contributed by atoms with E-state index < -0.39 is 0 Å². The van der Waals surface area contributed by atoms with Gasteiger partial charge in [0.2, 0.25) is 5.88 Å². The number of aryl methyl sites for hydroxylation is 1. The Bertz CT molecular complexity index is 739. The van der Waals surface area contributed by atoms with E-state index in [9.17, 15) is 0 Å². The lowest BCUT2D eigenvalue weighted by Gasteiger charge is -2.08. The van der Waals surface area contributed by atoms with E-state index in [4.69, 9.17) is 16.3 Å². The van der Waals surface area contributed by atoms with Crippen LogP contribution < -0.4 is 4.74 Å². The molecule has 20 heavy (non-hydrogen) atoms. The molecule has 102 valence electrons. The molecule has 0 aliphatic heterocycles. The monoisotopic (exact) mass is 287 g/mol. The van der Waals surface area contributed by atoms with Gasteiger partial charge in [0.15, 0.2) is 5.75 Å². The molecule has 0 aliphatic rings. The molecular weight excluding hydrogens is 274 g/mol. The van der Waals surface area contributed by atoms with Crippen LogP contribution in [0.3, 0.4) is 0 Å². The minimum atomic E-state index is 0.357. The number of benzene rings is 1. The fraction of sp³-hybridized carbons (Fsp3) is 0.200. The number of aromatic nitrogens is 3. The molecule has 0 saturated carbocycles. The topological polar surface area (TPSA) is 39.9 Å². The average molecular weight is 288 g/mol. The SMILES string of the molecule is CCn1cc(Oc2nc(CCl)cc3ccccc23)cn1. The van der Waals surface area contributed by atoms with Crippen molar-refractivity contribution >= 4 is 22.4 Å². The number of fused-ring (bicyclic) bond motifs is 1. The van der Waals surface area contributed by atoms with Crippen molar-refractivity contribution in [1.29, 1.82) is 0 Å². The van der Waals surface area contributed by atoms with Crippen LogP contribution in [0.15, 0.2) is 42.7 Å². The van der Waals surface area contributed by atoms with E-state index >= 15 is 0 Å². The van der Waals surface area contributed by atoms with Gasteiger partial charge in [-0.3, -0.25) is 4.68 Å². The number of rotatable bonds is 4. The maximum Gasteiger partial charge on any atom is 0.227 e. The third kappa shape index (κ3) is 2.47. The zero-order valence-corrected chi connectivity index (χ0v) is 11.8. The predicted molar refractivity (Wildman–Crippen MR) is 79.3 cm³/mol. The van der Waals surface area contributed by atoms with E-state index in [1.54, 1.807) is 6.20 Å². The van der Waals surface area contributed by atoms with E-state index in [2.05, 4.69) is 10.1 Å². The molecule has 0 unspecified atom stereocenters. The first-order valence-corrected chi connectivity index (χ1v) is 6.98. The lowest BCUT2D eigenvalue weighted by Crippen LogP contribution is -1.94. The summed E-state index contributed by atoms with van der Waals surface area (Å²) in [6.07, 6.45) is 3.54. The molecule has 5 heteroatoms. The highest BCUT2D eigenvalue weighted by atomic mass is 35.5. The summed E-state index contributed by atoms with van der Waals surface area (Å²) in [7, 11) is 0. The Morgan fingerprint density at radius 3 is 2.90 bits per heavy atom. The van der Waals surface area contributed by atoms with Gasteiger partial charge in [-0.25, -0.2) is 4.98 Å². The number of pyridine rings is 1. The largest absolute Gasteiger partial charge is 0.435 e. The van der Waals surface area contributed by atoms with Crippen LogP contribution in [0.4, 0.5) is 0 Å². The second kappa shape index (κ2) is 5.51. The Morgan fingerprint density at radius 1 is 1.30 bits per heavy atom. The molecule has 0 aliphatic carbocycles. The van der Waals surface area contributed by atoms with E-state index in [0.29, 0.717) is 17.5 Å². The summed E-state index contributed by atoms with van der Waals surface area (Å²) in [5.41, 5.74) is 0.795. The summed E-state index contributed by atoms with van der Waals surface area (Å²) in [4.78, 5) is 4.46. The van der Waals surface area contributed by atoms with Gasteiger partial charge in [0.1, 0.15) is 0 Å². The first-order valence-electron chi connectivity index (χ1n) is 6.45. The molecule has 0 saturated heterocycles. The van der Waals surface area contributed by atoms with Crippen molar-refractivity contribution in [3.63, 3.8) is 0 Å². The van der Waals surface area contributed by atoms with Crippen LogP contribution in [0.25, 0.3) is 10.8 Å². The summed E-state index contributed by atoms with van der Waals surface area (Å²) in [5.74, 6) is 1.60. The van der Waals surface area contributed by atoms with Gasteiger partial charge in [0.25, 0.3) is 0 Å². The maximum atomic E-state index is 5.89. The normalized spacial score (nSPS) is 10.9. The summed E-state index contributed by atoms with van der Waals surface area (Å²) in [6, 6.07) is 9.94. The number of hydrogen-bond donors (Lipinski definition) is 0. The zero-order chi connectivity index (χ0) is 13.9. The molecule has 0 amide bonds. The lowest BCUT2D eigenvalue weighted by atomic mass is 10.1. The van der Waals surface area contributed by atoms with Gasteiger partial charge in [-0.05, 0) is 24.4 Å². The minimum absolute atomic E-state index is 0.357. The highest BCUT2D eigenvalue weighted by Crippen LogP contribution is 2.28. The fourth-order valence-electron chi connectivity index (χ4n) is 2.05. The number of alkyl halides is 1. The molecule has 0 N–H and O–H groups in total. The Balaban J connectivity index is 2.04. The molecule has 3 aromatic rings. The van der Waals surface area contributed by atoms with E-state index in [1.165, 1.54) is 0 Å². The minimum Gasteiger partial charge on any atom is -0.435 e. The Kier molecular flexibility index (Phi) is 3.56. The van der Waals surface area contributed by atoms with Gasteiger partial charge in [-0.15, -0.1) is 11.6 Å². The van der Waals surface area contributed by atoms with Crippen molar-refractivity contribution in [3.05, 3.63) is 48.4 Å². The molecule has 2 heterocycles. The van der Waals surface area contributed by atoms with Crippen LogP contribution in [0.2, 0.25) is 0 Å². The molecule has 0 radical (unpaired) electrons. The molecule has 1 aromatic carbocycles. The molecule has 3 rings (SSSR count). The van der Waals surface area contributed by atoms with Crippen LogP contribution in [0.5, 0.6) is 11.6 Å². The zero-order valence-electron chi connectivity index (χ0n) is 11.1. The standard InChI is InChI=1S/C15H14ClN3O/c1-2-19-10-13(9-17-19)20-15-14-6-4-3-5-11(14)7-12(8-16)18-15/h3-7,9-10H,2,8H2,1H3. The molecule has 0 atom stereocenters. The van der Waals surface area contributed by atoms with Crippen LogP contribution in [-0.2, 0) is 12.4 Å².